The molecule has 0 saturated heterocycles. The molecule has 0 radical (unpaired) electrons. The van der Waals surface area contributed by atoms with Crippen molar-refractivity contribution >= 4 is 5.97 Å². The second-order valence-corrected chi connectivity index (χ2v) is 4.86. The van der Waals surface area contributed by atoms with E-state index in [0.29, 0.717) is 18.5 Å². The van der Waals surface area contributed by atoms with Gasteiger partial charge in [-0.15, -0.1) is 5.10 Å². The van der Waals surface area contributed by atoms with Gasteiger partial charge in [0.05, 0.1) is 12.2 Å². The molecule has 0 saturated carbocycles. The number of fused-ring (bicyclic) bond motifs is 1. The van der Waals surface area contributed by atoms with Crippen molar-refractivity contribution in [3.63, 3.8) is 0 Å². The first-order chi connectivity index (χ1) is 9.31. The number of esters is 1. The van der Waals surface area contributed by atoms with Crippen LogP contribution in [0.15, 0.2) is 6.07 Å². The second-order valence-electron chi connectivity index (χ2n) is 4.86. The van der Waals surface area contributed by atoms with Crippen LogP contribution in [0.25, 0.3) is 0 Å². The minimum Gasteiger partial charge on any atom is -0.456 e. The summed E-state index contributed by atoms with van der Waals surface area (Å²) in [5, 5.41) is 6.82. The summed E-state index contributed by atoms with van der Waals surface area (Å²) in [6.07, 6.45) is -4.37. The van der Waals surface area contributed by atoms with Crippen LogP contribution in [0, 0.1) is 5.92 Å². The fraction of sp³-hybridized carbons (Fsp3) is 0.583. The van der Waals surface area contributed by atoms with Crippen LogP contribution in [-0.2, 0) is 22.1 Å². The summed E-state index contributed by atoms with van der Waals surface area (Å²) in [6, 6.07) is 0.905. The summed E-state index contributed by atoms with van der Waals surface area (Å²) in [6.45, 7) is 1.59. The molecule has 1 aromatic heterocycles. The highest BCUT2D eigenvalue weighted by molar-refractivity contribution is 5.71. The first kappa shape index (κ1) is 14.7. The van der Waals surface area contributed by atoms with Crippen molar-refractivity contribution in [2.24, 2.45) is 11.7 Å². The molecule has 2 rings (SSSR count). The summed E-state index contributed by atoms with van der Waals surface area (Å²) < 4.78 is 43.1. The molecule has 2 atom stereocenters. The van der Waals surface area contributed by atoms with Crippen molar-refractivity contribution in [3.05, 3.63) is 23.0 Å². The molecule has 1 aromatic rings. The maximum Gasteiger partial charge on any atom is 0.435 e. The van der Waals surface area contributed by atoms with Gasteiger partial charge >= 0.3 is 12.1 Å². The van der Waals surface area contributed by atoms with Crippen molar-refractivity contribution in [3.8, 4) is 0 Å². The maximum atomic E-state index is 12.7. The number of rotatable bonds is 2. The van der Waals surface area contributed by atoms with Gasteiger partial charge in [0.25, 0.3) is 0 Å². The van der Waals surface area contributed by atoms with Crippen LogP contribution in [0.3, 0.4) is 0 Å². The van der Waals surface area contributed by atoms with Crippen molar-refractivity contribution < 1.29 is 22.7 Å². The van der Waals surface area contributed by atoms with Gasteiger partial charge < -0.3 is 10.5 Å². The fourth-order valence-electron chi connectivity index (χ4n) is 2.23. The highest BCUT2D eigenvalue weighted by atomic mass is 19.4. The van der Waals surface area contributed by atoms with E-state index in [1.54, 1.807) is 0 Å². The highest BCUT2D eigenvalue weighted by Crippen LogP contribution is 2.37. The first-order valence-corrected chi connectivity index (χ1v) is 6.14. The summed E-state index contributed by atoms with van der Waals surface area (Å²) in [5.74, 6) is -0.510. The van der Waals surface area contributed by atoms with Crippen molar-refractivity contribution in [2.45, 2.75) is 32.0 Å². The Morgan fingerprint density at radius 2 is 2.20 bits per heavy atom. The molecule has 20 heavy (non-hydrogen) atoms. The molecule has 5 nitrogen and oxygen atoms in total. The van der Waals surface area contributed by atoms with Crippen molar-refractivity contribution in [1.29, 1.82) is 0 Å². The average Bonchev–Trinajstić information content (AvgIpc) is 2.36. The molecule has 0 aliphatic heterocycles. The van der Waals surface area contributed by atoms with E-state index in [0.717, 1.165) is 6.07 Å². The molecule has 0 fully saturated rings. The number of ether oxygens (including phenoxy) is 1. The Hall–Kier alpha value is -1.70. The third-order valence-corrected chi connectivity index (χ3v) is 3.14. The summed E-state index contributed by atoms with van der Waals surface area (Å²) in [5.41, 5.74) is 4.78. The number of hydrogen-bond acceptors (Lipinski definition) is 5. The molecule has 2 N–H and O–H groups in total. The number of nitrogens with two attached hydrogens (primary N) is 1. The highest BCUT2D eigenvalue weighted by Gasteiger charge is 2.37. The van der Waals surface area contributed by atoms with E-state index in [1.807, 2.05) is 6.92 Å². The third-order valence-electron chi connectivity index (χ3n) is 3.14. The number of aromatic nitrogens is 2. The predicted molar refractivity (Wildman–Crippen MR) is 62.4 cm³/mol. The predicted octanol–water partition coefficient (Wildman–Crippen LogP) is 1.62. The first-order valence-electron chi connectivity index (χ1n) is 6.14. The van der Waals surface area contributed by atoms with Gasteiger partial charge in [-0.3, -0.25) is 4.79 Å². The summed E-state index contributed by atoms with van der Waals surface area (Å²) in [7, 11) is 0. The zero-order chi connectivity index (χ0) is 14.9. The van der Waals surface area contributed by atoms with Crippen LogP contribution >= 0.6 is 0 Å². The lowest BCUT2D eigenvalue weighted by Gasteiger charge is -2.28. The van der Waals surface area contributed by atoms with E-state index >= 15 is 0 Å². The number of carbonyl (C=O) groups excluding carboxylic acids is 1. The molecule has 8 heteroatoms. The molecule has 0 bridgehead atoms. The Labute approximate surface area is 113 Å². The molecular formula is C12H14F3N3O2. The lowest BCUT2D eigenvalue weighted by Crippen LogP contribution is -2.26. The van der Waals surface area contributed by atoms with Gasteiger partial charge in [-0.2, -0.15) is 18.3 Å². The van der Waals surface area contributed by atoms with Gasteiger partial charge in [0, 0.05) is 5.56 Å². The maximum absolute atomic E-state index is 12.7. The van der Waals surface area contributed by atoms with Crippen LogP contribution in [0.5, 0.6) is 0 Å². The number of halogens is 3. The third kappa shape index (κ3) is 3.06. The fourth-order valence-corrected chi connectivity index (χ4v) is 2.23. The average molecular weight is 289 g/mol. The van der Waals surface area contributed by atoms with E-state index in [1.165, 1.54) is 0 Å². The van der Waals surface area contributed by atoms with Crippen molar-refractivity contribution in [2.75, 3.05) is 6.54 Å². The number of carbonyl (C=O) groups is 1. The molecule has 1 heterocycles. The summed E-state index contributed by atoms with van der Waals surface area (Å²) in [4.78, 5) is 11.3. The van der Waals surface area contributed by atoms with E-state index < -0.39 is 23.9 Å². The van der Waals surface area contributed by atoms with Gasteiger partial charge in [-0.1, -0.05) is 6.92 Å². The second kappa shape index (κ2) is 5.35. The Morgan fingerprint density at radius 3 is 2.80 bits per heavy atom. The quantitative estimate of drug-likeness (QED) is 0.837. The number of hydrogen-bond donors (Lipinski definition) is 1. The van der Waals surface area contributed by atoms with Gasteiger partial charge in [0.1, 0.15) is 6.10 Å². The van der Waals surface area contributed by atoms with Crippen LogP contribution in [0.2, 0.25) is 0 Å². The normalized spacial score (nSPS) is 22.2. The summed E-state index contributed by atoms with van der Waals surface area (Å²) >= 11 is 0. The molecular weight excluding hydrogens is 275 g/mol. The van der Waals surface area contributed by atoms with E-state index in [2.05, 4.69) is 10.2 Å². The largest absolute Gasteiger partial charge is 0.456 e. The van der Waals surface area contributed by atoms with Gasteiger partial charge in [0.15, 0.2) is 5.69 Å². The molecule has 1 aliphatic rings. The lowest BCUT2D eigenvalue weighted by molar-refractivity contribution is -0.149. The monoisotopic (exact) mass is 289 g/mol. The topological polar surface area (TPSA) is 78.1 Å². The number of alkyl halides is 3. The minimum atomic E-state index is -4.58. The lowest BCUT2D eigenvalue weighted by atomic mass is 9.86. The molecule has 0 spiro atoms. The molecule has 2 unspecified atom stereocenters. The van der Waals surface area contributed by atoms with Gasteiger partial charge in [0.2, 0.25) is 0 Å². The molecule has 0 aromatic carbocycles. The molecule has 0 amide bonds. The molecule has 1 aliphatic carbocycles. The smallest absolute Gasteiger partial charge is 0.435 e. The van der Waals surface area contributed by atoms with Gasteiger partial charge in [-0.05, 0) is 24.8 Å². The Balaban J connectivity index is 2.37. The standard InChI is InChI=1S/C12H14F3N3O2/c1-6-2-8-7(9(3-6)20-11(19)5-16)4-10(18-17-8)12(13,14)15/h4,6,9H,2-3,5,16H2,1H3. The van der Waals surface area contributed by atoms with E-state index in [4.69, 9.17) is 10.5 Å². The molecule has 110 valence electrons. The van der Waals surface area contributed by atoms with Crippen LogP contribution in [0.4, 0.5) is 13.2 Å². The van der Waals surface area contributed by atoms with E-state index in [-0.39, 0.29) is 18.0 Å². The van der Waals surface area contributed by atoms with Crippen molar-refractivity contribution in [1.82, 2.24) is 10.2 Å². The van der Waals surface area contributed by atoms with Gasteiger partial charge in [-0.25, -0.2) is 0 Å². The Kier molecular flexibility index (Phi) is 3.94. The Bertz CT molecular complexity index is 519. The Morgan fingerprint density at radius 1 is 1.50 bits per heavy atom. The zero-order valence-corrected chi connectivity index (χ0v) is 10.8. The minimum absolute atomic E-state index is 0.143. The SMILES string of the molecule is CC1Cc2nnc(C(F)(F)F)cc2C(OC(=O)CN)C1. The zero-order valence-electron chi connectivity index (χ0n) is 10.8. The number of nitrogens with zero attached hydrogens (tertiary/aromatic N) is 2. The van der Waals surface area contributed by atoms with Crippen LogP contribution in [0.1, 0.15) is 36.4 Å². The van der Waals surface area contributed by atoms with Crippen LogP contribution in [-0.4, -0.2) is 22.7 Å². The van der Waals surface area contributed by atoms with Crippen LogP contribution < -0.4 is 5.73 Å². The van der Waals surface area contributed by atoms with E-state index in [9.17, 15) is 18.0 Å².